The fourth-order valence-corrected chi connectivity index (χ4v) is 1.73. The van der Waals surface area contributed by atoms with Gasteiger partial charge in [0.05, 0.1) is 11.4 Å². The number of amides is 1. The molecule has 0 atom stereocenters. The number of nitrogen functional groups attached to an aromatic ring is 1. The molecule has 0 aromatic heterocycles. The van der Waals surface area contributed by atoms with Crippen molar-refractivity contribution in [1.82, 2.24) is 0 Å². The van der Waals surface area contributed by atoms with Crippen molar-refractivity contribution in [3.8, 4) is 0 Å². The van der Waals surface area contributed by atoms with E-state index in [0.717, 1.165) is 5.56 Å². The number of hydrogen-bond donors (Lipinski definition) is 2. The number of para-hydroxylation sites is 2. The standard InChI is InChI=1S/C14H13ClN2O/c15-9-10-5-7-11(8-6-10)14(18)17-13-4-2-1-3-12(13)16/h1-8H,9,16H2,(H,17,18). The summed E-state index contributed by atoms with van der Waals surface area (Å²) in [5.41, 5.74) is 8.47. The number of carbonyl (C=O) groups excluding carboxylic acids is 1. The molecule has 3 N–H and O–H groups in total. The van der Waals surface area contributed by atoms with E-state index >= 15 is 0 Å². The molecular formula is C14H13ClN2O. The van der Waals surface area contributed by atoms with Gasteiger partial charge in [-0.05, 0) is 29.8 Å². The van der Waals surface area contributed by atoms with E-state index in [0.29, 0.717) is 22.8 Å². The fraction of sp³-hybridized carbons (Fsp3) is 0.0714. The summed E-state index contributed by atoms with van der Waals surface area (Å²) in [7, 11) is 0. The number of hydrogen-bond acceptors (Lipinski definition) is 2. The molecule has 4 heteroatoms. The highest BCUT2D eigenvalue weighted by molar-refractivity contribution is 6.17. The highest BCUT2D eigenvalue weighted by Gasteiger charge is 2.07. The number of alkyl halides is 1. The zero-order chi connectivity index (χ0) is 13.0. The Bertz CT molecular complexity index is 552. The van der Waals surface area contributed by atoms with Crippen LogP contribution in [0.1, 0.15) is 15.9 Å². The quantitative estimate of drug-likeness (QED) is 0.657. The number of rotatable bonds is 3. The summed E-state index contributed by atoms with van der Waals surface area (Å²) in [6.07, 6.45) is 0. The van der Waals surface area contributed by atoms with E-state index in [2.05, 4.69) is 5.32 Å². The molecule has 0 heterocycles. The number of nitrogens with two attached hydrogens (primary N) is 1. The smallest absolute Gasteiger partial charge is 0.255 e. The number of anilines is 2. The van der Waals surface area contributed by atoms with E-state index in [4.69, 9.17) is 17.3 Å². The molecule has 18 heavy (non-hydrogen) atoms. The van der Waals surface area contributed by atoms with Gasteiger partial charge in [0.2, 0.25) is 0 Å². The first-order chi connectivity index (χ1) is 8.70. The average Bonchev–Trinajstić information content (AvgIpc) is 2.41. The molecule has 2 aromatic carbocycles. The highest BCUT2D eigenvalue weighted by atomic mass is 35.5. The van der Waals surface area contributed by atoms with Gasteiger partial charge in [0.25, 0.3) is 5.91 Å². The van der Waals surface area contributed by atoms with E-state index < -0.39 is 0 Å². The number of nitrogens with one attached hydrogen (secondary N) is 1. The van der Waals surface area contributed by atoms with Crippen LogP contribution in [-0.4, -0.2) is 5.91 Å². The lowest BCUT2D eigenvalue weighted by atomic mass is 10.1. The van der Waals surface area contributed by atoms with Crippen LogP contribution in [0.3, 0.4) is 0 Å². The van der Waals surface area contributed by atoms with Crippen LogP contribution < -0.4 is 11.1 Å². The maximum atomic E-state index is 12.0. The molecule has 1 amide bonds. The lowest BCUT2D eigenvalue weighted by Gasteiger charge is -2.08. The van der Waals surface area contributed by atoms with Crippen LogP contribution in [-0.2, 0) is 5.88 Å². The summed E-state index contributed by atoms with van der Waals surface area (Å²) in [5.74, 6) is 0.252. The Kier molecular flexibility index (Phi) is 3.85. The molecule has 0 aliphatic heterocycles. The van der Waals surface area contributed by atoms with Crippen molar-refractivity contribution in [2.24, 2.45) is 0 Å². The Balaban J connectivity index is 2.14. The van der Waals surface area contributed by atoms with Crippen LogP contribution in [0.4, 0.5) is 11.4 Å². The van der Waals surface area contributed by atoms with Crippen molar-refractivity contribution in [3.63, 3.8) is 0 Å². The van der Waals surface area contributed by atoms with Gasteiger partial charge in [0.15, 0.2) is 0 Å². The topological polar surface area (TPSA) is 55.1 Å². The van der Waals surface area contributed by atoms with Crippen LogP contribution in [0.5, 0.6) is 0 Å². The maximum absolute atomic E-state index is 12.0. The first-order valence-corrected chi connectivity index (χ1v) is 6.05. The zero-order valence-corrected chi connectivity index (χ0v) is 10.4. The largest absolute Gasteiger partial charge is 0.397 e. The Morgan fingerprint density at radius 2 is 1.78 bits per heavy atom. The van der Waals surface area contributed by atoms with Gasteiger partial charge in [-0.15, -0.1) is 11.6 Å². The third-order valence-corrected chi connectivity index (χ3v) is 2.89. The lowest BCUT2D eigenvalue weighted by Crippen LogP contribution is -2.13. The summed E-state index contributed by atoms with van der Waals surface area (Å²) in [6.45, 7) is 0. The van der Waals surface area contributed by atoms with Crippen molar-refractivity contribution >= 4 is 28.9 Å². The molecule has 2 aromatic rings. The van der Waals surface area contributed by atoms with Crippen molar-refractivity contribution in [1.29, 1.82) is 0 Å². The molecule has 0 radical (unpaired) electrons. The van der Waals surface area contributed by atoms with Gasteiger partial charge in [-0.25, -0.2) is 0 Å². The second kappa shape index (κ2) is 5.56. The second-order valence-corrected chi connectivity index (χ2v) is 4.14. The predicted octanol–water partition coefficient (Wildman–Crippen LogP) is 3.26. The van der Waals surface area contributed by atoms with Crippen molar-refractivity contribution in [2.75, 3.05) is 11.1 Å². The van der Waals surface area contributed by atoms with E-state index in [1.807, 2.05) is 24.3 Å². The highest BCUT2D eigenvalue weighted by Crippen LogP contribution is 2.18. The lowest BCUT2D eigenvalue weighted by molar-refractivity contribution is 0.102. The third kappa shape index (κ3) is 2.81. The van der Waals surface area contributed by atoms with Gasteiger partial charge in [0.1, 0.15) is 0 Å². The van der Waals surface area contributed by atoms with Crippen molar-refractivity contribution in [3.05, 3.63) is 59.7 Å². The summed E-state index contributed by atoms with van der Waals surface area (Å²) < 4.78 is 0. The Morgan fingerprint density at radius 3 is 2.39 bits per heavy atom. The van der Waals surface area contributed by atoms with E-state index in [1.54, 1.807) is 24.3 Å². The fourth-order valence-electron chi connectivity index (χ4n) is 1.55. The molecule has 0 aliphatic rings. The number of benzene rings is 2. The van der Waals surface area contributed by atoms with E-state index in [-0.39, 0.29) is 5.91 Å². The molecule has 0 spiro atoms. The molecule has 0 saturated carbocycles. The first-order valence-electron chi connectivity index (χ1n) is 5.51. The summed E-state index contributed by atoms with van der Waals surface area (Å²) in [6, 6.07) is 14.3. The Labute approximate surface area is 111 Å². The SMILES string of the molecule is Nc1ccccc1NC(=O)c1ccc(CCl)cc1. The Morgan fingerprint density at radius 1 is 1.11 bits per heavy atom. The average molecular weight is 261 g/mol. The van der Waals surface area contributed by atoms with Gasteiger partial charge in [-0.2, -0.15) is 0 Å². The number of carbonyl (C=O) groups is 1. The van der Waals surface area contributed by atoms with Gasteiger partial charge < -0.3 is 11.1 Å². The second-order valence-electron chi connectivity index (χ2n) is 3.87. The summed E-state index contributed by atoms with van der Waals surface area (Å²) in [5, 5.41) is 2.77. The van der Waals surface area contributed by atoms with Gasteiger partial charge in [-0.1, -0.05) is 24.3 Å². The third-order valence-electron chi connectivity index (χ3n) is 2.58. The van der Waals surface area contributed by atoms with Crippen LogP contribution in [0.2, 0.25) is 0 Å². The monoisotopic (exact) mass is 260 g/mol. The van der Waals surface area contributed by atoms with Crippen LogP contribution in [0.25, 0.3) is 0 Å². The summed E-state index contributed by atoms with van der Waals surface area (Å²) in [4.78, 5) is 12.0. The van der Waals surface area contributed by atoms with Crippen molar-refractivity contribution < 1.29 is 4.79 Å². The van der Waals surface area contributed by atoms with E-state index in [1.165, 1.54) is 0 Å². The molecule has 0 saturated heterocycles. The molecule has 92 valence electrons. The van der Waals surface area contributed by atoms with E-state index in [9.17, 15) is 4.79 Å². The van der Waals surface area contributed by atoms with Crippen LogP contribution >= 0.6 is 11.6 Å². The molecular weight excluding hydrogens is 248 g/mol. The van der Waals surface area contributed by atoms with Crippen LogP contribution in [0, 0.1) is 0 Å². The first kappa shape index (κ1) is 12.5. The molecule has 2 rings (SSSR count). The van der Waals surface area contributed by atoms with Crippen LogP contribution in [0.15, 0.2) is 48.5 Å². The summed E-state index contributed by atoms with van der Waals surface area (Å²) >= 11 is 5.69. The number of halogens is 1. The maximum Gasteiger partial charge on any atom is 0.255 e. The molecule has 0 fully saturated rings. The predicted molar refractivity (Wildman–Crippen MR) is 74.8 cm³/mol. The molecule has 0 aliphatic carbocycles. The van der Waals surface area contributed by atoms with Crippen molar-refractivity contribution in [2.45, 2.75) is 5.88 Å². The Hall–Kier alpha value is -2.00. The minimum absolute atomic E-state index is 0.186. The zero-order valence-electron chi connectivity index (χ0n) is 9.69. The molecule has 3 nitrogen and oxygen atoms in total. The molecule has 0 unspecified atom stereocenters. The minimum Gasteiger partial charge on any atom is -0.397 e. The molecule has 0 bridgehead atoms. The van der Waals surface area contributed by atoms with Gasteiger partial charge in [-0.3, -0.25) is 4.79 Å². The minimum atomic E-state index is -0.186. The normalized spacial score (nSPS) is 10.1. The van der Waals surface area contributed by atoms with Gasteiger partial charge >= 0.3 is 0 Å². The van der Waals surface area contributed by atoms with Gasteiger partial charge in [0, 0.05) is 11.4 Å².